The summed E-state index contributed by atoms with van der Waals surface area (Å²) in [5.74, 6) is -4.04. The second-order valence-electron chi connectivity index (χ2n) is 8.78. The number of benzene rings is 1. The molecule has 6 atom stereocenters. The predicted octanol–water partition coefficient (Wildman–Crippen LogP) is 1.14. The molecule has 0 unspecified atom stereocenters. The number of aliphatic hydroxyl groups excluding tert-OH is 1. The number of hydrogen-bond donors (Lipinski definition) is 4. The lowest BCUT2D eigenvalue weighted by Gasteiger charge is -2.29. The van der Waals surface area contributed by atoms with E-state index in [-0.39, 0.29) is 5.75 Å². The molecular formula is C23H29FN3O10P. The van der Waals surface area contributed by atoms with Gasteiger partial charge < -0.3 is 24.2 Å². The Bertz CT molecular complexity index is 1320. The van der Waals surface area contributed by atoms with Crippen LogP contribution in [0.5, 0.6) is 5.75 Å². The lowest BCUT2D eigenvalue weighted by molar-refractivity contribution is -0.204. The van der Waals surface area contributed by atoms with Gasteiger partial charge in [-0.2, -0.15) is 5.09 Å². The number of aromatic nitrogens is 2. The minimum atomic E-state index is -4.58. The van der Waals surface area contributed by atoms with Crippen LogP contribution >= 0.6 is 7.75 Å². The summed E-state index contributed by atoms with van der Waals surface area (Å²) in [6.45, 7) is 6.60. The van der Waals surface area contributed by atoms with Gasteiger partial charge in [-0.05, 0) is 32.9 Å². The Morgan fingerprint density at radius 2 is 1.97 bits per heavy atom. The first-order valence-electron chi connectivity index (χ1n) is 11.4. The van der Waals surface area contributed by atoms with E-state index in [1.807, 2.05) is 4.98 Å². The molecule has 1 aliphatic rings. The average Bonchev–Trinajstić information content (AvgIpc) is 3.05. The molecule has 2 heterocycles. The molecule has 3 rings (SSSR count). The SMILES string of the molecule is C=C[C@]1(O)[C@H](n2ccc(=O)[nH]c2=O)O[C@](F)(CO[P@@](=O)(N[C@@H](C)C(=O)OC(C)C)Oc2ccccc2)[C@H]1O. The first kappa shape index (κ1) is 29.4. The molecule has 1 saturated heterocycles. The van der Waals surface area contributed by atoms with Gasteiger partial charge in [-0.3, -0.25) is 23.7 Å². The van der Waals surface area contributed by atoms with Gasteiger partial charge in [0, 0.05) is 12.3 Å². The van der Waals surface area contributed by atoms with Crippen molar-refractivity contribution in [3.63, 3.8) is 0 Å². The van der Waals surface area contributed by atoms with Gasteiger partial charge in [0.15, 0.2) is 17.9 Å². The highest BCUT2D eigenvalue weighted by molar-refractivity contribution is 7.52. The number of aromatic amines is 1. The Balaban J connectivity index is 1.90. The summed E-state index contributed by atoms with van der Waals surface area (Å²) in [6.07, 6.45) is -3.13. The number of nitrogens with one attached hydrogen (secondary N) is 2. The molecule has 0 bridgehead atoms. The van der Waals surface area contributed by atoms with Crippen molar-refractivity contribution in [2.45, 2.75) is 56.7 Å². The Kier molecular flexibility index (Phi) is 8.76. The maximum absolute atomic E-state index is 16.0. The lowest BCUT2D eigenvalue weighted by atomic mass is 9.93. The molecule has 1 aromatic heterocycles. The van der Waals surface area contributed by atoms with Crippen LogP contribution in [0.2, 0.25) is 0 Å². The quantitative estimate of drug-likeness (QED) is 0.177. The van der Waals surface area contributed by atoms with Crippen molar-refractivity contribution < 1.29 is 42.5 Å². The van der Waals surface area contributed by atoms with E-state index >= 15 is 4.39 Å². The van der Waals surface area contributed by atoms with Gasteiger partial charge >= 0.3 is 19.4 Å². The van der Waals surface area contributed by atoms with Crippen LogP contribution in [-0.2, 0) is 23.4 Å². The Labute approximate surface area is 216 Å². The van der Waals surface area contributed by atoms with E-state index in [0.29, 0.717) is 4.57 Å². The minimum absolute atomic E-state index is 0.0359. The normalized spacial score (nSPS) is 27.4. The van der Waals surface area contributed by atoms with Gasteiger partial charge in [0.2, 0.25) is 0 Å². The molecular weight excluding hydrogens is 528 g/mol. The van der Waals surface area contributed by atoms with Crippen LogP contribution in [0.25, 0.3) is 0 Å². The predicted molar refractivity (Wildman–Crippen MR) is 131 cm³/mol. The number of hydrogen-bond acceptors (Lipinski definition) is 10. The number of para-hydroxylation sites is 1. The molecule has 0 aliphatic carbocycles. The smallest absolute Gasteiger partial charge is 0.459 e. The topological polar surface area (TPSA) is 178 Å². The molecule has 1 aromatic carbocycles. The summed E-state index contributed by atoms with van der Waals surface area (Å²) in [7, 11) is -4.58. The van der Waals surface area contributed by atoms with Crippen molar-refractivity contribution in [3.05, 3.63) is 76.1 Å². The Morgan fingerprint density at radius 1 is 1.32 bits per heavy atom. The van der Waals surface area contributed by atoms with Crippen molar-refractivity contribution in [2.75, 3.05) is 6.61 Å². The number of esters is 1. The molecule has 0 saturated carbocycles. The molecule has 15 heteroatoms. The molecule has 0 spiro atoms. The monoisotopic (exact) mass is 557 g/mol. The number of ether oxygens (including phenoxy) is 2. The van der Waals surface area contributed by atoms with Crippen LogP contribution in [-0.4, -0.2) is 62.0 Å². The summed E-state index contributed by atoms with van der Waals surface area (Å²) in [4.78, 5) is 37.9. The van der Waals surface area contributed by atoms with Gasteiger partial charge in [0.05, 0.1) is 6.10 Å². The number of alkyl halides is 1. The van der Waals surface area contributed by atoms with E-state index in [1.54, 1.807) is 32.0 Å². The van der Waals surface area contributed by atoms with Crippen molar-refractivity contribution in [2.24, 2.45) is 0 Å². The first-order chi connectivity index (χ1) is 17.7. The standard InChI is InChI=1S/C23H29FN3O10P/c1-5-22(32)19(30)23(24,36-20(22)27-12-11-17(28)25-21(27)31)13-34-38(33,37-16-9-7-6-8-10-16)26-15(4)18(29)35-14(2)3/h5-12,14-15,19-20,30,32H,1,13H2,2-4H3,(H,26,33)(H,25,28,31)/t15-,19-,20+,22+,23+,38-/m0/s1. The number of aliphatic hydroxyl groups is 2. The molecule has 4 N–H and O–H groups in total. The average molecular weight is 557 g/mol. The molecule has 1 aliphatic heterocycles. The second kappa shape index (κ2) is 11.3. The van der Waals surface area contributed by atoms with Crippen LogP contribution in [0, 0.1) is 0 Å². The lowest BCUT2D eigenvalue weighted by Crippen LogP contribution is -2.50. The fraction of sp³-hybridized carbons (Fsp3) is 0.435. The van der Waals surface area contributed by atoms with E-state index in [0.717, 1.165) is 18.3 Å². The van der Waals surface area contributed by atoms with Crippen LogP contribution in [0.15, 0.2) is 64.8 Å². The van der Waals surface area contributed by atoms with E-state index < -0.39 is 67.5 Å². The van der Waals surface area contributed by atoms with Gasteiger partial charge in [-0.25, -0.2) is 13.8 Å². The maximum Gasteiger partial charge on any atom is 0.459 e. The fourth-order valence-corrected chi connectivity index (χ4v) is 5.05. The molecule has 38 heavy (non-hydrogen) atoms. The van der Waals surface area contributed by atoms with Crippen molar-refractivity contribution in [1.82, 2.24) is 14.6 Å². The second-order valence-corrected chi connectivity index (χ2v) is 10.5. The molecule has 0 radical (unpaired) electrons. The zero-order valence-electron chi connectivity index (χ0n) is 20.8. The number of carbonyl (C=O) groups excluding carboxylic acids is 1. The number of halogens is 1. The number of nitrogens with zero attached hydrogens (tertiary/aromatic N) is 1. The first-order valence-corrected chi connectivity index (χ1v) is 13.0. The zero-order valence-corrected chi connectivity index (χ0v) is 21.7. The molecule has 2 aromatic rings. The third-order valence-corrected chi connectivity index (χ3v) is 7.06. The highest BCUT2D eigenvalue weighted by Gasteiger charge is 2.64. The van der Waals surface area contributed by atoms with Gasteiger partial charge in [0.1, 0.15) is 18.4 Å². The summed E-state index contributed by atoms with van der Waals surface area (Å²) < 4.78 is 51.2. The number of rotatable bonds is 11. The Hall–Kier alpha value is -3.13. The third-order valence-electron chi connectivity index (χ3n) is 5.44. The largest absolute Gasteiger partial charge is 0.462 e. The van der Waals surface area contributed by atoms with Crippen LogP contribution < -0.4 is 20.9 Å². The Morgan fingerprint density at radius 3 is 2.55 bits per heavy atom. The maximum atomic E-state index is 16.0. The summed E-state index contributed by atoms with van der Waals surface area (Å²) in [6, 6.07) is 7.31. The van der Waals surface area contributed by atoms with Crippen LogP contribution in [0.1, 0.15) is 27.0 Å². The van der Waals surface area contributed by atoms with Gasteiger partial charge in [-0.15, -0.1) is 0 Å². The summed E-state index contributed by atoms with van der Waals surface area (Å²) in [5, 5.41) is 24.0. The van der Waals surface area contributed by atoms with Crippen molar-refractivity contribution >= 4 is 13.7 Å². The third kappa shape index (κ3) is 6.29. The molecule has 1 fully saturated rings. The van der Waals surface area contributed by atoms with E-state index in [2.05, 4.69) is 11.7 Å². The molecule has 208 valence electrons. The highest BCUT2D eigenvalue weighted by Crippen LogP contribution is 2.50. The van der Waals surface area contributed by atoms with Crippen LogP contribution in [0.3, 0.4) is 0 Å². The number of H-pyrrole nitrogens is 1. The minimum Gasteiger partial charge on any atom is -0.462 e. The number of carbonyl (C=O) groups is 1. The highest BCUT2D eigenvalue weighted by atomic mass is 31.2. The summed E-state index contributed by atoms with van der Waals surface area (Å²) in [5.41, 5.74) is -4.43. The van der Waals surface area contributed by atoms with E-state index in [9.17, 15) is 29.2 Å². The van der Waals surface area contributed by atoms with Crippen molar-refractivity contribution in [1.29, 1.82) is 0 Å². The molecule has 0 amide bonds. The van der Waals surface area contributed by atoms with Gasteiger partial charge in [-0.1, -0.05) is 30.9 Å². The van der Waals surface area contributed by atoms with Gasteiger partial charge in [0.25, 0.3) is 11.4 Å². The fourth-order valence-electron chi connectivity index (χ4n) is 3.55. The van der Waals surface area contributed by atoms with Crippen molar-refractivity contribution in [3.8, 4) is 5.75 Å². The molecule has 13 nitrogen and oxygen atoms in total. The zero-order chi connectivity index (χ0) is 28.3. The van der Waals surface area contributed by atoms with E-state index in [4.69, 9.17) is 18.5 Å². The summed E-state index contributed by atoms with van der Waals surface area (Å²) >= 11 is 0. The van der Waals surface area contributed by atoms with E-state index in [1.165, 1.54) is 19.1 Å². The van der Waals surface area contributed by atoms with Crippen LogP contribution in [0.4, 0.5) is 4.39 Å².